The van der Waals surface area contributed by atoms with Gasteiger partial charge < -0.3 is 46.5 Å². The zero-order valence-electron chi connectivity index (χ0n) is 17.3. The van der Waals surface area contributed by atoms with E-state index in [-0.39, 0.29) is 11.2 Å². The highest BCUT2D eigenvalue weighted by atomic mass is 32.1. The van der Waals surface area contributed by atoms with Crippen molar-refractivity contribution in [3.8, 4) is 0 Å². The van der Waals surface area contributed by atoms with Crippen LogP contribution in [-0.4, -0.2) is 95.9 Å². The van der Waals surface area contributed by atoms with Crippen LogP contribution in [0.2, 0.25) is 0 Å². The number of rotatable bonds is 10. The number of anilines is 1. The highest BCUT2D eigenvalue weighted by Gasteiger charge is 2.43. The van der Waals surface area contributed by atoms with Crippen LogP contribution in [0.3, 0.4) is 0 Å². The molecule has 1 fully saturated rings. The van der Waals surface area contributed by atoms with Gasteiger partial charge in [-0.1, -0.05) is 24.4 Å². The molecule has 14 nitrogen and oxygen atoms in total. The van der Waals surface area contributed by atoms with Crippen molar-refractivity contribution in [2.75, 3.05) is 25.0 Å². The summed E-state index contributed by atoms with van der Waals surface area (Å²) >= 11 is 5.27. The average Bonchev–Trinajstić information content (AvgIpc) is 3.31. The van der Waals surface area contributed by atoms with E-state index in [9.17, 15) is 24.9 Å². The first-order valence-electron chi connectivity index (χ1n) is 9.96. The lowest BCUT2D eigenvalue weighted by Crippen LogP contribution is -2.41. The zero-order chi connectivity index (χ0) is 24.1. The Hall–Kier alpha value is -2.95. The molecule has 3 heterocycles. The van der Waals surface area contributed by atoms with Crippen LogP contribution >= 0.6 is 12.2 Å². The first-order valence-corrected chi connectivity index (χ1v) is 10.4. The number of aliphatic carboxylic acids is 1. The molecule has 33 heavy (non-hydrogen) atoms. The minimum atomic E-state index is -1.28. The summed E-state index contributed by atoms with van der Waals surface area (Å²) in [7, 11) is 0. The van der Waals surface area contributed by atoms with E-state index < -0.39 is 55.5 Å². The molecular weight excluding hydrogens is 458 g/mol. The standard InChI is InChI=1S/C18H25N7O7S/c19-8(5-10(27)28)15(31)20-3-1-2-4-21-18-23-14-11(16(33)24-18)22-7-25(14)17-13(30)12(29)9(6-26)32-17/h1-2,7-9,12-13,17,26,29-30H,3-6,19H2,(H,20,31)(H,27,28)(H2,21,23,24,33)/b2-1+/t8?,9-,12+,13?,17-/m1/s1. The number of fused-ring (bicyclic) bond motifs is 1. The van der Waals surface area contributed by atoms with Crippen molar-refractivity contribution < 1.29 is 34.8 Å². The number of hydrogen-bond acceptors (Lipinski definition) is 11. The van der Waals surface area contributed by atoms with Crippen molar-refractivity contribution in [3.05, 3.63) is 23.1 Å². The summed E-state index contributed by atoms with van der Waals surface area (Å²) in [5.74, 6) is -1.42. The van der Waals surface area contributed by atoms with Gasteiger partial charge in [0.25, 0.3) is 0 Å². The molecule has 0 bridgehead atoms. The number of aliphatic hydroxyl groups excluding tert-OH is 3. The van der Waals surface area contributed by atoms with Gasteiger partial charge in [-0.3, -0.25) is 14.2 Å². The molecule has 180 valence electrons. The summed E-state index contributed by atoms with van der Waals surface area (Å²) < 4.78 is 7.20. The quantitative estimate of drug-likeness (QED) is 0.136. The smallest absolute Gasteiger partial charge is 0.305 e. The number of aliphatic hydroxyl groups is 3. The third-order valence-corrected chi connectivity index (χ3v) is 5.20. The number of aromatic amines is 1. The summed E-state index contributed by atoms with van der Waals surface area (Å²) in [6.07, 6.45) is -0.182. The molecule has 0 aromatic carbocycles. The van der Waals surface area contributed by atoms with Gasteiger partial charge in [0.05, 0.1) is 25.4 Å². The molecule has 9 N–H and O–H groups in total. The predicted octanol–water partition coefficient (Wildman–Crippen LogP) is -2.01. The van der Waals surface area contributed by atoms with E-state index in [2.05, 4.69) is 25.6 Å². The number of ether oxygens (including phenoxy) is 1. The van der Waals surface area contributed by atoms with Crippen molar-refractivity contribution in [3.63, 3.8) is 0 Å². The SMILES string of the molecule is NC(CC(=O)O)C(=O)NC/C=C/CNc1nc(=S)c2ncn([C@@H]3O[C@H](CO)[C@H](O)C3O)c2[nH]1. The fraction of sp³-hybridized carbons (Fsp3) is 0.500. The Kier molecular flexibility index (Phi) is 8.06. The Bertz CT molecular complexity index is 1090. The van der Waals surface area contributed by atoms with Gasteiger partial charge in [0.2, 0.25) is 11.9 Å². The van der Waals surface area contributed by atoms with Crippen LogP contribution in [-0.2, 0) is 14.3 Å². The van der Waals surface area contributed by atoms with Crippen LogP contribution in [0.4, 0.5) is 5.95 Å². The second kappa shape index (κ2) is 10.8. The number of amides is 1. The minimum absolute atomic E-state index is 0.161. The van der Waals surface area contributed by atoms with Crippen LogP contribution in [0.5, 0.6) is 0 Å². The van der Waals surface area contributed by atoms with Gasteiger partial charge in [0, 0.05) is 13.1 Å². The van der Waals surface area contributed by atoms with Crippen molar-refractivity contribution in [1.29, 1.82) is 0 Å². The number of carboxylic acids is 1. The van der Waals surface area contributed by atoms with Crippen LogP contribution in [0.25, 0.3) is 11.2 Å². The van der Waals surface area contributed by atoms with Crippen molar-refractivity contribution in [2.24, 2.45) is 5.73 Å². The van der Waals surface area contributed by atoms with Gasteiger partial charge in [-0.2, -0.15) is 0 Å². The van der Waals surface area contributed by atoms with E-state index in [0.717, 1.165) is 0 Å². The Morgan fingerprint density at radius 2 is 2.06 bits per heavy atom. The van der Waals surface area contributed by atoms with Gasteiger partial charge >= 0.3 is 5.97 Å². The van der Waals surface area contributed by atoms with Gasteiger partial charge in [-0.25, -0.2) is 9.97 Å². The molecule has 1 aliphatic heterocycles. The van der Waals surface area contributed by atoms with Gasteiger partial charge in [-0.15, -0.1) is 0 Å². The average molecular weight is 484 g/mol. The van der Waals surface area contributed by atoms with E-state index in [4.69, 9.17) is 27.8 Å². The number of imidazole rings is 1. The molecule has 3 rings (SSSR count). The summed E-state index contributed by atoms with van der Waals surface area (Å²) in [5.41, 5.74) is 6.23. The van der Waals surface area contributed by atoms with Crippen molar-refractivity contribution in [2.45, 2.75) is 37.0 Å². The number of nitrogens with one attached hydrogen (secondary N) is 3. The molecule has 2 aromatic rings. The lowest BCUT2D eigenvalue weighted by Gasteiger charge is -2.17. The topological polar surface area (TPSA) is 221 Å². The molecule has 2 unspecified atom stereocenters. The maximum atomic E-state index is 11.7. The fourth-order valence-electron chi connectivity index (χ4n) is 3.22. The first-order chi connectivity index (χ1) is 15.7. The first kappa shape index (κ1) is 24.7. The maximum Gasteiger partial charge on any atom is 0.305 e. The van der Waals surface area contributed by atoms with Crippen molar-refractivity contribution >= 4 is 41.2 Å². The van der Waals surface area contributed by atoms with Crippen LogP contribution in [0.1, 0.15) is 12.6 Å². The van der Waals surface area contributed by atoms with E-state index in [1.165, 1.54) is 10.9 Å². The molecule has 1 amide bonds. The Labute approximate surface area is 192 Å². The predicted molar refractivity (Wildman–Crippen MR) is 117 cm³/mol. The molecule has 0 aliphatic carbocycles. The van der Waals surface area contributed by atoms with Crippen LogP contribution < -0.4 is 16.4 Å². The van der Waals surface area contributed by atoms with Crippen molar-refractivity contribution in [1.82, 2.24) is 24.8 Å². The third-order valence-electron chi connectivity index (χ3n) is 4.92. The third kappa shape index (κ3) is 5.70. The van der Waals surface area contributed by atoms with Gasteiger partial charge in [0.1, 0.15) is 29.5 Å². The summed E-state index contributed by atoms with van der Waals surface area (Å²) in [5, 5.41) is 43.7. The summed E-state index contributed by atoms with van der Waals surface area (Å²) in [6.45, 7) is 0.0150. The molecule has 0 radical (unpaired) electrons. The largest absolute Gasteiger partial charge is 0.481 e. The maximum absolute atomic E-state index is 11.7. The van der Waals surface area contributed by atoms with E-state index in [0.29, 0.717) is 23.7 Å². The molecule has 2 aromatic heterocycles. The normalized spacial score (nSPS) is 23.8. The van der Waals surface area contributed by atoms with Crippen LogP contribution in [0, 0.1) is 4.64 Å². The van der Waals surface area contributed by atoms with E-state index in [1.807, 2.05) is 0 Å². The van der Waals surface area contributed by atoms with Gasteiger partial charge in [0.15, 0.2) is 10.9 Å². The Morgan fingerprint density at radius 3 is 2.73 bits per heavy atom. The lowest BCUT2D eigenvalue weighted by molar-refractivity contribution is -0.139. The molecule has 5 atom stereocenters. The second-order valence-corrected chi connectivity index (χ2v) is 7.66. The highest BCUT2D eigenvalue weighted by Crippen LogP contribution is 2.31. The Morgan fingerprint density at radius 1 is 1.33 bits per heavy atom. The zero-order valence-corrected chi connectivity index (χ0v) is 18.1. The number of carbonyl (C=O) groups excluding carboxylic acids is 1. The van der Waals surface area contributed by atoms with Gasteiger partial charge in [-0.05, 0) is 0 Å². The number of H-pyrrole nitrogens is 1. The summed E-state index contributed by atoms with van der Waals surface area (Å²) in [6, 6.07) is -1.12. The number of hydrogen-bond donors (Lipinski definition) is 8. The minimum Gasteiger partial charge on any atom is -0.481 e. The summed E-state index contributed by atoms with van der Waals surface area (Å²) in [4.78, 5) is 33.6. The lowest BCUT2D eigenvalue weighted by atomic mass is 10.1. The van der Waals surface area contributed by atoms with Crippen LogP contribution in [0.15, 0.2) is 18.5 Å². The highest BCUT2D eigenvalue weighted by molar-refractivity contribution is 7.71. The number of nitrogens with two attached hydrogens (primary N) is 1. The molecule has 0 saturated carbocycles. The number of nitrogens with zero attached hydrogens (tertiary/aromatic N) is 3. The fourth-order valence-corrected chi connectivity index (χ4v) is 3.46. The monoisotopic (exact) mass is 483 g/mol. The number of carboxylic acid groups (broad SMARTS) is 1. The number of carbonyl (C=O) groups is 2. The van der Waals surface area contributed by atoms with E-state index in [1.54, 1.807) is 12.2 Å². The Balaban J connectivity index is 1.61. The molecule has 0 spiro atoms. The molecular formula is C18H25N7O7S. The number of aromatic nitrogens is 4. The molecule has 15 heteroatoms. The molecule has 1 aliphatic rings. The van der Waals surface area contributed by atoms with E-state index >= 15 is 0 Å². The molecule has 1 saturated heterocycles. The second-order valence-electron chi connectivity index (χ2n) is 7.27.